The zero-order valence-electron chi connectivity index (χ0n) is 48.0. The largest absolute Gasteiger partial charge is 0.486 e. The maximum Gasteiger partial charge on any atom is 0.381 e. The van der Waals surface area contributed by atoms with E-state index in [1.807, 2.05) is 101 Å². The summed E-state index contributed by atoms with van der Waals surface area (Å²) >= 11 is 0. The second kappa shape index (κ2) is 22.6. The zero-order valence-corrected chi connectivity index (χ0v) is 48.0. The van der Waals surface area contributed by atoms with Gasteiger partial charge in [0.2, 0.25) is 0 Å². The number of oxime groups is 2. The summed E-state index contributed by atoms with van der Waals surface area (Å²) in [7, 11) is 0. The van der Waals surface area contributed by atoms with Crippen molar-refractivity contribution in [3.63, 3.8) is 0 Å². The molecule has 0 aliphatic rings. The van der Waals surface area contributed by atoms with Gasteiger partial charge in [0, 0.05) is 101 Å². The highest BCUT2D eigenvalue weighted by molar-refractivity contribution is 6.21. The predicted molar refractivity (Wildman–Crippen MR) is 317 cm³/mol. The smallest absolute Gasteiger partial charge is 0.381 e. The number of hydrogen-bond acceptors (Lipinski definition) is 8. The van der Waals surface area contributed by atoms with Gasteiger partial charge in [0.05, 0.1) is 0 Å². The van der Waals surface area contributed by atoms with Gasteiger partial charge in [0.25, 0.3) is 0 Å². The standard InChI is InChI=1S/C68H58F8N4O6/c1-9-79-53-23-19-43(31-49(53)51-33-45(21-25-55(51)79)63(81)59-39(5)27-37(3)28-40(59)6)61(77-83)47-15-11-13-17-57(47)85-35-65(69,70)67(73,74)68(75,76)66(71,72)36-86-58-18-14-12-16-48(58)62(78-84)44-20-24-54-50(32-44)52-34-46(22-26-56(52)80(54)10-2)64(82)60-41(7)29-38(4)30-42(60)8/h11-34,83-84H,9-10,35-36H2,1-8H3. The molecule has 18 heteroatoms. The number of aromatic nitrogens is 2. The molecule has 10 aromatic rings. The average Bonchev–Trinajstić information content (AvgIpc) is 2.73. The van der Waals surface area contributed by atoms with Crippen molar-refractivity contribution < 1.29 is 64.6 Å². The summed E-state index contributed by atoms with van der Waals surface area (Å²) in [5.41, 5.74) is 9.15. The second-order valence-corrected chi connectivity index (χ2v) is 21.6. The molecule has 442 valence electrons. The predicted octanol–water partition coefficient (Wildman–Crippen LogP) is 16.7. The molecule has 0 radical (unpaired) electrons. The van der Waals surface area contributed by atoms with Gasteiger partial charge in [-0.2, -0.15) is 35.1 Å². The lowest BCUT2D eigenvalue weighted by Gasteiger charge is -2.36. The fourth-order valence-electron chi connectivity index (χ4n) is 11.9. The van der Waals surface area contributed by atoms with Crippen molar-refractivity contribution in [3.8, 4) is 11.5 Å². The summed E-state index contributed by atoms with van der Waals surface area (Å²) in [6.07, 6.45) is 0. The maximum absolute atomic E-state index is 15.8. The summed E-state index contributed by atoms with van der Waals surface area (Å²) in [5, 5.41) is 30.1. The number of para-hydroxylation sites is 2. The van der Waals surface area contributed by atoms with E-state index in [4.69, 9.17) is 9.47 Å². The molecule has 0 aliphatic carbocycles. The molecule has 0 aliphatic heterocycles. The monoisotopic (exact) mass is 1180 g/mol. The third-order valence-corrected chi connectivity index (χ3v) is 15.9. The molecule has 0 bridgehead atoms. The van der Waals surface area contributed by atoms with Gasteiger partial charge in [0.1, 0.15) is 22.9 Å². The Morgan fingerprint density at radius 2 is 0.721 bits per heavy atom. The first-order chi connectivity index (χ1) is 40.8. The SMILES string of the molecule is CCn1c2ccc(C(=O)c3c(C)cc(C)cc3C)cc2c2cc(C(=NO)c3ccccc3OCC(F)(F)C(F)(F)C(F)(F)C(F)(F)COc3ccccc3C(=NO)c3ccc4c(c3)c3cc(C(=O)c5c(C)cc(C)cc5C)ccc3n4CC)ccc21. The number of carbonyl (C=O) groups excluding carboxylic acids is 2. The van der Waals surface area contributed by atoms with Crippen LogP contribution in [0.25, 0.3) is 43.6 Å². The van der Waals surface area contributed by atoms with Crippen molar-refractivity contribution in [2.45, 2.75) is 92.2 Å². The highest BCUT2D eigenvalue weighted by Gasteiger charge is 2.81. The van der Waals surface area contributed by atoms with Gasteiger partial charge < -0.3 is 29.0 Å². The van der Waals surface area contributed by atoms with E-state index in [1.165, 1.54) is 48.5 Å². The van der Waals surface area contributed by atoms with Gasteiger partial charge in [-0.3, -0.25) is 9.59 Å². The van der Waals surface area contributed by atoms with Crippen LogP contribution < -0.4 is 9.47 Å². The van der Waals surface area contributed by atoms with Crippen LogP contribution in [0.4, 0.5) is 35.1 Å². The molecule has 86 heavy (non-hydrogen) atoms. The van der Waals surface area contributed by atoms with Crippen LogP contribution in [0.2, 0.25) is 0 Å². The van der Waals surface area contributed by atoms with E-state index in [2.05, 4.69) is 10.3 Å². The fourth-order valence-corrected chi connectivity index (χ4v) is 11.9. The van der Waals surface area contributed by atoms with Gasteiger partial charge in [0.15, 0.2) is 24.8 Å². The number of aryl methyl sites for hydroxylation is 8. The van der Waals surface area contributed by atoms with Crippen LogP contribution >= 0.6 is 0 Å². The fraction of sp³-hybridized carbons (Fsp3) is 0.235. The molecule has 0 unspecified atom stereocenters. The highest BCUT2D eigenvalue weighted by atomic mass is 19.4. The number of benzene rings is 8. The molecule has 0 saturated heterocycles. The highest BCUT2D eigenvalue weighted by Crippen LogP contribution is 2.53. The minimum atomic E-state index is -6.79. The lowest BCUT2D eigenvalue weighted by molar-refractivity contribution is -0.371. The van der Waals surface area contributed by atoms with E-state index in [-0.39, 0.29) is 45.2 Å². The molecule has 0 atom stereocenters. The Morgan fingerprint density at radius 1 is 0.430 bits per heavy atom. The molecule has 0 amide bonds. The molecule has 2 aromatic heterocycles. The molecular formula is C68H58F8N4O6. The summed E-state index contributed by atoms with van der Waals surface area (Å²) in [6.45, 7) is 11.0. The molecule has 0 saturated carbocycles. The minimum absolute atomic E-state index is 0.156. The van der Waals surface area contributed by atoms with E-state index in [0.717, 1.165) is 56.5 Å². The van der Waals surface area contributed by atoms with E-state index in [1.54, 1.807) is 48.5 Å². The number of carbonyl (C=O) groups is 2. The summed E-state index contributed by atoms with van der Waals surface area (Å²) in [4.78, 5) is 28.0. The minimum Gasteiger partial charge on any atom is -0.486 e. The van der Waals surface area contributed by atoms with Crippen molar-refractivity contribution in [3.05, 3.63) is 223 Å². The number of halogens is 8. The van der Waals surface area contributed by atoms with Crippen molar-refractivity contribution in [2.75, 3.05) is 13.2 Å². The first-order valence-electron chi connectivity index (χ1n) is 27.6. The van der Waals surface area contributed by atoms with Crippen LogP contribution in [-0.4, -0.2) is 79.4 Å². The van der Waals surface area contributed by atoms with Gasteiger partial charge in [-0.15, -0.1) is 0 Å². The second-order valence-electron chi connectivity index (χ2n) is 21.6. The molecule has 2 N–H and O–H groups in total. The number of alkyl halides is 8. The number of hydrogen-bond donors (Lipinski definition) is 2. The zero-order chi connectivity index (χ0) is 61.9. The van der Waals surface area contributed by atoms with Crippen LogP contribution in [-0.2, 0) is 13.1 Å². The Bertz CT molecular complexity index is 4120. The van der Waals surface area contributed by atoms with E-state index >= 15 is 35.1 Å². The Labute approximate surface area is 489 Å². The van der Waals surface area contributed by atoms with Crippen LogP contribution in [0, 0.1) is 41.5 Å². The van der Waals surface area contributed by atoms with Crippen LogP contribution in [0.5, 0.6) is 11.5 Å². The molecule has 2 heterocycles. The topological polar surface area (TPSA) is 128 Å². The molecule has 0 fully saturated rings. The van der Waals surface area contributed by atoms with Crippen LogP contribution in [0.1, 0.15) is 101 Å². The van der Waals surface area contributed by atoms with Gasteiger partial charge in [-0.05, 0) is 163 Å². The Hall–Kier alpha value is -9.32. The molecule has 8 aromatic carbocycles. The van der Waals surface area contributed by atoms with E-state index < -0.39 is 48.4 Å². The Balaban J connectivity index is 0.885. The van der Waals surface area contributed by atoms with Gasteiger partial charge in [-0.25, -0.2) is 0 Å². The average molecular weight is 1180 g/mol. The number of rotatable bonds is 19. The van der Waals surface area contributed by atoms with Crippen LogP contribution in [0.15, 0.2) is 156 Å². The molecule has 0 spiro atoms. The quantitative estimate of drug-likeness (QED) is 0.0273. The third-order valence-electron chi connectivity index (χ3n) is 15.9. The van der Waals surface area contributed by atoms with E-state index in [9.17, 15) is 20.0 Å². The first kappa shape index (κ1) is 59.8. The summed E-state index contributed by atoms with van der Waals surface area (Å²) < 4.78 is 140. The number of ketones is 2. The Morgan fingerprint density at radius 3 is 1.02 bits per heavy atom. The number of nitrogens with zero attached hydrogens (tertiary/aromatic N) is 4. The third kappa shape index (κ3) is 10.2. The van der Waals surface area contributed by atoms with E-state index in [0.29, 0.717) is 67.9 Å². The molecular weight excluding hydrogens is 1120 g/mol. The summed E-state index contributed by atoms with van der Waals surface area (Å²) in [5.74, 6) is -27.3. The van der Waals surface area contributed by atoms with Crippen molar-refractivity contribution in [1.82, 2.24) is 9.13 Å². The maximum atomic E-state index is 15.8. The number of fused-ring (bicyclic) bond motifs is 6. The lowest BCUT2D eigenvalue weighted by Crippen LogP contribution is -2.65. The molecule has 10 nitrogen and oxygen atoms in total. The Kier molecular flexibility index (Phi) is 15.7. The lowest BCUT2D eigenvalue weighted by atomic mass is 9.92. The first-order valence-corrected chi connectivity index (χ1v) is 27.6. The van der Waals surface area contributed by atoms with Crippen molar-refractivity contribution in [2.24, 2.45) is 10.3 Å². The van der Waals surface area contributed by atoms with Crippen LogP contribution in [0.3, 0.4) is 0 Å². The summed E-state index contributed by atoms with van der Waals surface area (Å²) in [6, 6.07) is 37.6. The van der Waals surface area contributed by atoms with Crippen molar-refractivity contribution >= 4 is 66.6 Å². The molecule has 10 rings (SSSR count). The van der Waals surface area contributed by atoms with Gasteiger partial charge in [-0.1, -0.05) is 82.1 Å². The van der Waals surface area contributed by atoms with Crippen molar-refractivity contribution in [1.29, 1.82) is 0 Å². The van der Waals surface area contributed by atoms with Gasteiger partial charge >= 0.3 is 23.7 Å². The number of ether oxygens (including phenoxy) is 2. The normalized spacial score (nSPS) is 12.9.